The van der Waals surface area contributed by atoms with Crippen LogP contribution in [0.25, 0.3) is 0 Å². The SMILES string of the molecule is CCc1ccc(Cl)cc1CN(C(=O)c1c(S(=O)(=O)C(F)F)nn(C)c1F)C1CC1. The van der Waals surface area contributed by atoms with E-state index in [0.29, 0.717) is 29.0 Å². The maximum absolute atomic E-state index is 14.6. The van der Waals surface area contributed by atoms with Crippen molar-refractivity contribution in [1.82, 2.24) is 14.7 Å². The summed E-state index contributed by atoms with van der Waals surface area (Å²) in [6.45, 7) is 1.97. The molecule has 158 valence electrons. The second kappa shape index (κ2) is 7.98. The molecule has 1 amide bonds. The van der Waals surface area contributed by atoms with Gasteiger partial charge in [0.2, 0.25) is 5.95 Å². The number of sulfone groups is 1. The molecule has 1 aromatic carbocycles. The van der Waals surface area contributed by atoms with Crippen LogP contribution < -0.4 is 0 Å². The number of halogens is 4. The molecule has 0 unspecified atom stereocenters. The Hall–Kier alpha value is -2.07. The van der Waals surface area contributed by atoms with Gasteiger partial charge in [0.15, 0.2) is 5.03 Å². The molecule has 3 rings (SSSR count). The Morgan fingerprint density at radius 1 is 1.34 bits per heavy atom. The van der Waals surface area contributed by atoms with Crippen LogP contribution >= 0.6 is 11.6 Å². The second-order valence-corrected chi connectivity index (χ2v) is 9.10. The lowest BCUT2D eigenvalue weighted by molar-refractivity contribution is 0.0720. The zero-order valence-corrected chi connectivity index (χ0v) is 17.3. The summed E-state index contributed by atoms with van der Waals surface area (Å²) in [5, 5.41) is 2.55. The van der Waals surface area contributed by atoms with Gasteiger partial charge in [0.25, 0.3) is 15.7 Å². The fourth-order valence-electron chi connectivity index (χ4n) is 3.11. The first-order valence-corrected chi connectivity index (χ1v) is 10.8. The van der Waals surface area contributed by atoms with Gasteiger partial charge in [0.1, 0.15) is 5.56 Å². The van der Waals surface area contributed by atoms with Crippen LogP contribution in [-0.4, -0.2) is 40.8 Å². The molecule has 11 heteroatoms. The van der Waals surface area contributed by atoms with E-state index >= 15 is 0 Å². The van der Waals surface area contributed by atoms with Crippen molar-refractivity contribution in [3.8, 4) is 0 Å². The van der Waals surface area contributed by atoms with Crippen LogP contribution in [0.3, 0.4) is 0 Å². The normalized spacial score (nSPS) is 14.4. The van der Waals surface area contributed by atoms with E-state index in [9.17, 15) is 26.4 Å². The summed E-state index contributed by atoms with van der Waals surface area (Å²) in [5.74, 6) is -6.08. The molecule has 1 saturated carbocycles. The predicted molar refractivity (Wildman–Crippen MR) is 100 cm³/mol. The van der Waals surface area contributed by atoms with Gasteiger partial charge in [-0.3, -0.25) is 4.79 Å². The van der Waals surface area contributed by atoms with E-state index in [1.54, 1.807) is 12.1 Å². The predicted octanol–water partition coefficient (Wildman–Crippen LogP) is 3.58. The highest BCUT2D eigenvalue weighted by atomic mass is 35.5. The van der Waals surface area contributed by atoms with E-state index in [2.05, 4.69) is 5.10 Å². The molecular weight excluding hydrogens is 431 g/mol. The molecule has 2 aromatic rings. The molecule has 0 saturated heterocycles. The fraction of sp³-hybridized carbons (Fsp3) is 0.444. The number of aromatic nitrogens is 2. The second-order valence-electron chi connectivity index (χ2n) is 6.83. The number of aryl methyl sites for hydroxylation is 2. The van der Waals surface area contributed by atoms with Crippen molar-refractivity contribution in [2.75, 3.05) is 0 Å². The Kier molecular flexibility index (Phi) is 5.96. The summed E-state index contributed by atoms with van der Waals surface area (Å²) < 4.78 is 65.1. The highest BCUT2D eigenvalue weighted by molar-refractivity contribution is 7.91. The van der Waals surface area contributed by atoms with E-state index in [4.69, 9.17) is 11.6 Å². The number of rotatable bonds is 7. The number of nitrogens with zero attached hydrogens (tertiary/aromatic N) is 3. The van der Waals surface area contributed by atoms with E-state index in [0.717, 1.165) is 18.2 Å². The minimum atomic E-state index is -5.26. The lowest BCUT2D eigenvalue weighted by Crippen LogP contribution is -2.34. The molecule has 1 aromatic heterocycles. The Morgan fingerprint density at radius 3 is 2.55 bits per heavy atom. The average molecular weight is 450 g/mol. The fourth-order valence-corrected chi connectivity index (χ4v) is 4.17. The maximum atomic E-state index is 14.6. The minimum absolute atomic E-state index is 0.0513. The highest BCUT2D eigenvalue weighted by Crippen LogP contribution is 2.33. The van der Waals surface area contributed by atoms with Crippen LogP contribution in [0.1, 0.15) is 41.3 Å². The summed E-state index contributed by atoms with van der Waals surface area (Å²) in [6.07, 6.45) is 1.95. The van der Waals surface area contributed by atoms with E-state index in [1.807, 2.05) is 13.0 Å². The van der Waals surface area contributed by atoms with Crippen LogP contribution in [0.5, 0.6) is 0 Å². The third-order valence-electron chi connectivity index (χ3n) is 4.80. The Labute approximate surface area is 171 Å². The van der Waals surface area contributed by atoms with E-state index in [1.165, 1.54) is 4.90 Å². The molecule has 1 heterocycles. The first kappa shape index (κ1) is 21.6. The molecule has 1 fully saturated rings. The number of benzene rings is 1. The van der Waals surface area contributed by atoms with Gasteiger partial charge in [-0.25, -0.2) is 13.1 Å². The summed E-state index contributed by atoms with van der Waals surface area (Å²) in [5.41, 5.74) is 0.683. The smallest absolute Gasteiger partial charge is 0.331 e. The van der Waals surface area contributed by atoms with Crippen molar-refractivity contribution >= 4 is 27.3 Å². The Morgan fingerprint density at radius 2 is 2.00 bits per heavy atom. The number of alkyl halides is 2. The first-order chi connectivity index (χ1) is 13.6. The summed E-state index contributed by atoms with van der Waals surface area (Å²) in [6, 6.07) is 4.96. The molecule has 0 N–H and O–H groups in total. The first-order valence-electron chi connectivity index (χ1n) is 8.90. The number of hydrogen-bond acceptors (Lipinski definition) is 4. The Bertz CT molecular complexity index is 1050. The number of carbonyl (C=O) groups is 1. The molecule has 0 radical (unpaired) electrons. The molecule has 0 atom stereocenters. The van der Waals surface area contributed by atoms with Crippen molar-refractivity contribution < 1.29 is 26.4 Å². The third-order valence-corrected chi connectivity index (χ3v) is 6.33. The van der Waals surface area contributed by atoms with Crippen molar-refractivity contribution in [2.45, 2.75) is 49.6 Å². The molecule has 1 aliphatic carbocycles. The number of carbonyl (C=O) groups excluding carboxylic acids is 1. The summed E-state index contributed by atoms with van der Waals surface area (Å²) >= 11 is 6.06. The zero-order chi connectivity index (χ0) is 21.5. The number of hydrogen-bond donors (Lipinski definition) is 0. The van der Waals surface area contributed by atoms with Gasteiger partial charge in [0, 0.05) is 24.7 Å². The Balaban J connectivity index is 2.06. The van der Waals surface area contributed by atoms with Crippen molar-refractivity contribution in [1.29, 1.82) is 0 Å². The van der Waals surface area contributed by atoms with Crippen LogP contribution in [-0.2, 0) is 29.9 Å². The van der Waals surface area contributed by atoms with Gasteiger partial charge in [-0.15, -0.1) is 0 Å². The lowest BCUT2D eigenvalue weighted by Gasteiger charge is -2.24. The lowest BCUT2D eigenvalue weighted by atomic mass is 10.0. The monoisotopic (exact) mass is 449 g/mol. The van der Waals surface area contributed by atoms with Crippen LogP contribution in [0.15, 0.2) is 23.2 Å². The van der Waals surface area contributed by atoms with Gasteiger partial charge in [-0.2, -0.15) is 18.3 Å². The van der Waals surface area contributed by atoms with Gasteiger partial charge in [-0.05, 0) is 42.5 Å². The molecule has 6 nitrogen and oxygen atoms in total. The van der Waals surface area contributed by atoms with E-state index in [-0.39, 0.29) is 12.6 Å². The quantitative estimate of drug-likeness (QED) is 0.647. The van der Waals surface area contributed by atoms with E-state index < -0.39 is 38.0 Å². The van der Waals surface area contributed by atoms with Crippen LogP contribution in [0.2, 0.25) is 5.02 Å². The van der Waals surface area contributed by atoms with Gasteiger partial charge >= 0.3 is 5.76 Å². The van der Waals surface area contributed by atoms with Gasteiger partial charge < -0.3 is 4.90 Å². The summed E-state index contributed by atoms with van der Waals surface area (Å²) in [7, 11) is -4.21. The maximum Gasteiger partial charge on any atom is 0.342 e. The third kappa shape index (κ3) is 4.13. The zero-order valence-electron chi connectivity index (χ0n) is 15.7. The molecule has 29 heavy (non-hydrogen) atoms. The standard InChI is InChI=1S/C18H19ClF3N3O3S/c1-3-10-4-5-12(19)8-11(10)9-25(13-6-7-13)17(26)14-15(20)24(2)23-16(14)29(27,28)18(21)22/h4-5,8,13,18H,3,6-7,9H2,1-2H3. The van der Waals surface area contributed by atoms with Crippen molar-refractivity contribution in [2.24, 2.45) is 7.05 Å². The van der Waals surface area contributed by atoms with Gasteiger partial charge in [-0.1, -0.05) is 24.6 Å². The van der Waals surface area contributed by atoms with Gasteiger partial charge in [0.05, 0.1) is 0 Å². The molecular formula is C18H19ClF3N3O3S. The average Bonchev–Trinajstić information content (AvgIpc) is 3.45. The summed E-state index contributed by atoms with van der Waals surface area (Å²) in [4.78, 5) is 14.4. The number of amides is 1. The topological polar surface area (TPSA) is 72.3 Å². The minimum Gasteiger partial charge on any atom is -0.331 e. The van der Waals surface area contributed by atoms with Crippen LogP contribution in [0, 0.1) is 5.95 Å². The highest BCUT2D eigenvalue weighted by Gasteiger charge is 2.42. The van der Waals surface area contributed by atoms with Crippen molar-refractivity contribution in [3.05, 3.63) is 45.9 Å². The molecule has 0 aliphatic heterocycles. The molecule has 1 aliphatic rings. The molecule has 0 spiro atoms. The van der Waals surface area contributed by atoms with Crippen molar-refractivity contribution in [3.63, 3.8) is 0 Å². The largest absolute Gasteiger partial charge is 0.342 e. The van der Waals surface area contributed by atoms with Crippen LogP contribution in [0.4, 0.5) is 13.2 Å². The molecule has 0 bridgehead atoms.